The van der Waals surface area contributed by atoms with Gasteiger partial charge in [-0.3, -0.25) is 14.6 Å². The molecule has 1 N–H and O–H groups in total. The molecule has 4 aromatic heterocycles. The van der Waals surface area contributed by atoms with E-state index in [9.17, 15) is 0 Å². The van der Waals surface area contributed by atoms with Crippen LogP contribution < -0.4 is 14.4 Å². The van der Waals surface area contributed by atoms with Crippen molar-refractivity contribution >= 4 is 33.4 Å². The van der Waals surface area contributed by atoms with E-state index in [0.717, 1.165) is 50.4 Å². The Hall–Kier alpha value is -4.92. The second kappa shape index (κ2) is 9.27. The minimum Gasteiger partial charge on any atom is -0.497 e. The Labute approximate surface area is 213 Å². The molecule has 0 radical (unpaired) electrons. The molecule has 2 aromatic carbocycles. The topological polar surface area (TPSA) is 94.0 Å². The predicted molar refractivity (Wildman–Crippen MR) is 143 cm³/mol. The Morgan fingerprint density at radius 2 is 1.70 bits per heavy atom. The minimum absolute atomic E-state index is 0.563. The summed E-state index contributed by atoms with van der Waals surface area (Å²) in [5.74, 6) is 1.41. The van der Waals surface area contributed by atoms with Gasteiger partial charge in [0.25, 0.3) is 0 Å². The fourth-order valence-electron chi connectivity index (χ4n) is 4.41. The first kappa shape index (κ1) is 22.5. The molecule has 6 aromatic rings. The van der Waals surface area contributed by atoms with Crippen molar-refractivity contribution in [2.75, 3.05) is 19.1 Å². The van der Waals surface area contributed by atoms with Crippen LogP contribution in [0.3, 0.4) is 0 Å². The zero-order valence-corrected chi connectivity index (χ0v) is 20.7. The average molecular weight is 492 g/mol. The summed E-state index contributed by atoms with van der Waals surface area (Å²) in [4.78, 5) is 19.7. The highest BCUT2D eigenvalue weighted by Gasteiger charge is 2.16. The van der Waals surface area contributed by atoms with Gasteiger partial charge in [0.05, 0.1) is 60.9 Å². The summed E-state index contributed by atoms with van der Waals surface area (Å²) in [6.07, 6.45) is 7.30. The molecular formula is C28H25N7O2. The van der Waals surface area contributed by atoms with E-state index < -0.39 is 0 Å². The van der Waals surface area contributed by atoms with Gasteiger partial charge < -0.3 is 19.4 Å². The fraction of sp³-hybridized carbons (Fsp3) is 0.143. The molecule has 9 nitrogen and oxygen atoms in total. The molecule has 0 atom stereocenters. The SMILES string of the molecule is COc1cc(OC)cc(N(Cc2cc3ncccc3[nH]2)c2ccc3ncc(-c4cnn(C)c4)nc3c2)c1. The number of pyridine rings is 1. The number of fused-ring (bicyclic) bond motifs is 2. The quantitative estimate of drug-likeness (QED) is 0.325. The van der Waals surface area contributed by atoms with Crippen LogP contribution in [0.1, 0.15) is 5.69 Å². The molecule has 0 bridgehead atoms. The molecule has 0 aliphatic rings. The zero-order chi connectivity index (χ0) is 25.4. The van der Waals surface area contributed by atoms with Crippen molar-refractivity contribution in [1.82, 2.24) is 29.7 Å². The van der Waals surface area contributed by atoms with E-state index in [-0.39, 0.29) is 0 Å². The molecule has 0 unspecified atom stereocenters. The van der Waals surface area contributed by atoms with Crippen molar-refractivity contribution < 1.29 is 9.47 Å². The summed E-state index contributed by atoms with van der Waals surface area (Å²) >= 11 is 0. The fourth-order valence-corrected chi connectivity index (χ4v) is 4.41. The minimum atomic E-state index is 0.563. The number of methoxy groups -OCH3 is 2. The van der Waals surface area contributed by atoms with Crippen molar-refractivity contribution in [3.05, 3.63) is 85.1 Å². The van der Waals surface area contributed by atoms with Crippen molar-refractivity contribution in [2.24, 2.45) is 7.05 Å². The van der Waals surface area contributed by atoms with Crippen molar-refractivity contribution in [1.29, 1.82) is 0 Å². The van der Waals surface area contributed by atoms with Gasteiger partial charge in [-0.1, -0.05) is 0 Å². The lowest BCUT2D eigenvalue weighted by Gasteiger charge is -2.26. The maximum atomic E-state index is 5.56. The first-order chi connectivity index (χ1) is 18.1. The van der Waals surface area contributed by atoms with E-state index in [1.54, 1.807) is 37.5 Å². The Morgan fingerprint density at radius 3 is 2.43 bits per heavy atom. The smallest absolute Gasteiger partial charge is 0.124 e. The van der Waals surface area contributed by atoms with E-state index in [2.05, 4.69) is 37.1 Å². The van der Waals surface area contributed by atoms with E-state index in [1.165, 1.54) is 0 Å². The van der Waals surface area contributed by atoms with Gasteiger partial charge in [-0.05, 0) is 36.4 Å². The van der Waals surface area contributed by atoms with Crippen molar-refractivity contribution in [3.63, 3.8) is 0 Å². The number of aromatic amines is 1. The number of nitrogens with one attached hydrogen (secondary N) is 1. The highest BCUT2D eigenvalue weighted by atomic mass is 16.5. The number of rotatable bonds is 7. The molecule has 4 heterocycles. The lowest BCUT2D eigenvalue weighted by molar-refractivity contribution is 0.394. The van der Waals surface area contributed by atoms with Gasteiger partial charge in [0.1, 0.15) is 11.5 Å². The van der Waals surface area contributed by atoms with Gasteiger partial charge >= 0.3 is 0 Å². The van der Waals surface area contributed by atoms with Crippen LogP contribution in [-0.2, 0) is 13.6 Å². The van der Waals surface area contributed by atoms with Gasteiger partial charge in [-0.2, -0.15) is 5.10 Å². The molecule has 37 heavy (non-hydrogen) atoms. The average Bonchev–Trinajstić information content (AvgIpc) is 3.56. The van der Waals surface area contributed by atoms with E-state index in [0.29, 0.717) is 18.0 Å². The summed E-state index contributed by atoms with van der Waals surface area (Å²) in [6, 6.07) is 18.0. The Bertz CT molecular complexity index is 1670. The Balaban J connectivity index is 1.47. The van der Waals surface area contributed by atoms with Crippen molar-refractivity contribution in [3.8, 4) is 22.8 Å². The number of hydrogen-bond donors (Lipinski definition) is 1. The van der Waals surface area contributed by atoms with Gasteiger partial charge in [0.2, 0.25) is 0 Å². The zero-order valence-electron chi connectivity index (χ0n) is 20.7. The lowest BCUT2D eigenvalue weighted by atomic mass is 10.1. The number of aromatic nitrogens is 6. The van der Waals surface area contributed by atoms with Crippen LogP contribution in [0.4, 0.5) is 11.4 Å². The van der Waals surface area contributed by atoms with Crippen LogP contribution in [0, 0.1) is 0 Å². The molecule has 0 saturated carbocycles. The third-order valence-corrected chi connectivity index (χ3v) is 6.26. The Kier molecular flexibility index (Phi) is 5.65. The van der Waals surface area contributed by atoms with E-state index in [4.69, 9.17) is 14.5 Å². The molecule has 184 valence electrons. The van der Waals surface area contributed by atoms with E-state index >= 15 is 0 Å². The number of aryl methyl sites for hydroxylation is 1. The molecule has 0 aliphatic carbocycles. The monoisotopic (exact) mass is 491 g/mol. The normalized spacial score (nSPS) is 11.2. The molecule has 9 heteroatoms. The summed E-state index contributed by atoms with van der Waals surface area (Å²) < 4.78 is 12.9. The van der Waals surface area contributed by atoms with Gasteiger partial charge in [0, 0.05) is 60.3 Å². The highest BCUT2D eigenvalue weighted by molar-refractivity contribution is 5.83. The van der Waals surface area contributed by atoms with Crippen LogP contribution in [0.25, 0.3) is 33.3 Å². The molecule has 0 fully saturated rings. The predicted octanol–water partition coefficient (Wildman–Crippen LogP) is 5.26. The van der Waals surface area contributed by atoms with Crippen LogP contribution in [0.15, 0.2) is 79.4 Å². The van der Waals surface area contributed by atoms with Gasteiger partial charge in [0.15, 0.2) is 0 Å². The second-order valence-electron chi connectivity index (χ2n) is 8.72. The van der Waals surface area contributed by atoms with E-state index in [1.807, 2.05) is 55.7 Å². The first-order valence-electron chi connectivity index (χ1n) is 11.8. The maximum absolute atomic E-state index is 5.56. The molecule has 6 rings (SSSR count). The largest absolute Gasteiger partial charge is 0.497 e. The maximum Gasteiger partial charge on any atom is 0.124 e. The number of nitrogens with zero attached hydrogens (tertiary/aromatic N) is 6. The lowest BCUT2D eigenvalue weighted by Crippen LogP contribution is -2.17. The van der Waals surface area contributed by atoms with Gasteiger partial charge in [-0.25, -0.2) is 4.98 Å². The summed E-state index contributed by atoms with van der Waals surface area (Å²) in [7, 11) is 5.19. The summed E-state index contributed by atoms with van der Waals surface area (Å²) in [6.45, 7) is 0.563. The number of H-pyrrole nitrogens is 1. The van der Waals surface area contributed by atoms with Crippen LogP contribution in [0.2, 0.25) is 0 Å². The van der Waals surface area contributed by atoms with Gasteiger partial charge in [-0.15, -0.1) is 0 Å². The number of hydrogen-bond acceptors (Lipinski definition) is 7. The molecule has 0 aliphatic heterocycles. The number of ether oxygens (including phenoxy) is 2. The van der Waals surface area contributed by atoms with Crippen LogP contribution >= 0.6 is 0 Å². The molecular weight excluding hydrogens is 466 g/mol. The van der Waals surface area contributed by atoms with Crippen molar-refractivity contribution in [2.45, 2.75) is 6.54 Å². The summed E-state index contributed by atoms with van der Waals surface area (Å²) in [5, 5.41) is 4.26. The molecule has 0 saturated heterocycles. The second-order valence-corrected chi connectivity index (χ2v) is 8.72. The number of benzene rings is 2. The first-order valence-corrected chi connectivity index (χ1v) is 11.8. The van der Waals surface area contributed by atoms with Crippen LogP contribution in [0.5, 0.6) is 11.5 Å². The standard InChI is InChI=1S/C28H25N7O2/c1-34-16-18(14-31-34)28-15-30-24-7-6-20(12-27(24)33-28)35(21-10-22(36-2)13-23(11-21)37-3)17-19-9-26-25(32-19)5-4-8-29-26/h4-16,32H,17H2,1-3H3. The summed E-state index contributed by atoms with van der Waals surface area (Å²) in [5.41, 5.74) is 8.09. The molecule has 0 amide bonds. The third-order valence-electron chi connectivity index (χ3n) is 6.26. The highest BCUT2D eigenvalue weighted by Crippen LogP contribution is 2.35. The number of anilines is 2. The Morgan fingerprint density at radius 1 is 0.865 bits per heavy atom. The third kappa shape index (κ3) is 4.42. The molecule has 0 spiro atoms. The van der Waals surface area contributed by atoms with Crippen LogP contribution in [-0.4, -0.2) is 43.9 Å².